The quantitative estimate of drug-likeness (QED) is 0.841. The molecule has 104 valence electrons. The van der Waals surface area contributed by atoms with E-state index < -0.39 is 0 Å². The van der Waals surface area contributed by atoms with Crippen molar-refractivity contribution in [2.24, 2.45) is 5.92 Å². The Morgan fingerprint density at radius 1 is 1.28 bits per heavy atom. The Morgan fingerprint density at radius 2 is 2.06 bits per heavy atom. The van der Waals surface area contributed by atoms with Crippen LogP contribution in [0.4, 0.5) is 4.79 Å². The second-order valence-corrected chi connectivity index (χ2v) is 5.72. The molecular weight excluding hydrogens is 228 g/mol. The molecule has 0 aromatic heterocycles. The van der Waals surface area contributed by atoms with Crippen molar-refractivity contribution in [3.05, 3.63) is 0 Å². The normalized spacial score (nSPS) is 26.1. The van der Waals surface area contributed by atoms with Crippen molar-refractivity contribution in [3.8, 4) is 0 Å². The van der Waals surface area contributed by atoms with Gasteiger partial charge in [0.25, 0.3) is 0 Å². The van der Waals surface area contributed by atoms with Gasteiger partial charge < -0.3 is 15.0 Å². The molecule has 1 amide bonds. The lowest BCUT2D eigenvalue weighted by molar-refractivity contribution is 0.0850. The summed E-state index contributed by atoms with van der Waals surface area (Å²) in [6.07, 6.45) is 6.86. The maximum Gasteiger partial charge on any atom is 0.409 e. The number of carbonyl (C=O) groups excluding carboxylic acids is 1. The number of ether oxygens (including phenoxy) is 1. The number of nitrogens with zero attached hydrogens (tertiary/aromatic N) is 1. The van der Waals surface area contributed by atoms with E-state index >= 15 is 0 Å². The van der Waals surface area contributed by atoms with Crippen LogP contribution in [0, 0.1) is 5.92 Å². The molecule has 4 nitrogen and oxygen atoms in total. The molecule has 1 N–H and O–H groups in total. The predicted octanol–water partition coefficient (Wildman–Crippen LogP) is 2.39. The van der Waals surface area contributed by atoms with Gasteiger partial charge >= 0.3 is 6.09 Å². The van der Waals surface area contributed by atoms with E-state index in [0.717, 1.165) is 44.8 Å². The van der Waals surface area contributed by atoms with Gasteiger partial charge in [0.1, 0.15) is 0 Å². The van der Waals surface area contributed by atoms with Crippen LogP contribution in [-0.4, -0.2) is 43.3 Å². The molecule has 1 atom stereocenters. The van der Waals surface area contributed by atoms with E-state index in [0.29, 0.717) is 12.6 Å². The van der Waals surface area contributed by atoms with Crippen LogP contribution in [0.2, 0.25) is 0 Å². The van der Waals surface area contributed by atoms with E-state index in [2.05, 4.69) is 12.2 Å². The highest BCUT2D eigenvalue weighted by atomic mass is 16.6. The Bertz CT molecular complexity index is 257. The fraction of sp³-hybridized carbons (Fsp3) is 0.929. The summed E-state index contributed by atoms with van der Waals surface area (Å²) in [6.45, 7) is 5.64. The Labute approximate surface area is 110 Å². The molecule has 2 heterocycles. The zero-order chi connectivity index (χ0) is 12.8. The third-order valence-corrected chi connectivity index (χ3v) is 4.15. The minimum Gasteiger partial charge on any atom is -0.449 e. The van der Waals surface area contributed by atoms with E-state index in [4.69, 9.17) is 4.74 Å². The lowest BCUT2D eigenvalue weighted by Crippen LogP contribution is -2.39. The molecule has 0 aromatic carbocycles. The monoisotopic (exact) mass is 254 g/mol. The summed E-state index contributed by atoms with van der Waals surface area (Å²) in [4.78, 5) is 13.7. The van der Waals surface area contributed by atoms with Crippen LogP contribution >= 0.6 is 0 Å². The molecule has 0 spiro atoms. The summed E-state index contributed by atoms with van der Waals surface area (Å²) in [5.41, 5.74) is 0. The van der Waals surface area contributed by atoms with Crippen LogP contribution in [0.25, 0.3) is 0 Å². The van der Waals surface area contributed by atoms with Crippen LogP contribution in [0.15, 0.2) is 0 Å². The van der Waals surface area contributed by atoms with Gasteiger partial charge in [-0.05, 0) is 44.6 Å². The summed E-state index contributed by atoms with van der Waals surface area (Å²) < 4.78 is 5.37. The standard InChI is InChI=1S/C14H26N2O2/c1-12-5-9-16(10-6-12)14(17)18-11-7-13-4-2-3-8-15-13/h12-13,15H,2-11H2,1H3. The zero-order valence-electron chi connectivity index (χ0n) is 11.5. The number of nitrogens with one attached hydrogen (secondary N) is 1. The highest BCUT2D eigenvalue weighted by molar-refractivity contribution is 5.67. The minimum atomic E-state index is -0.113. The van der Waals surface area contributed by atoms with Gasteiger partial charge in [-0.2, -0.15) is 0 Å². The molecule has 2 rings (SSSR count). The molecule has 0 radical (unpaired) electrons. The van der Waals surface area contributed by atoms with Crippen LogP contribution in [0.5, 0.6) is 0 Å². The highest BCUT2D eigenvalue weighted by Crippen LogP contribution is 2.17. The Balaban J connectivity index is 1.59. The molecule has 1 unspecified atom stereocenters. The fourth-order valence-corrected chi connectivity index (χ4v) is 2.74. The summed E-state index contributed by atoms with van der Waals surface area (Å²) in [5, 5.41) is 3.47. The van der Waals surface area contributed by atoms with Gasteiger partial charge in [-0.3, -0.25) is 0 Å². The van der Waals surface area contributed by atoms with Crippen molar-refractivity contribution in [2.75, 3.05) is 26.2 Å². The molecule has 2 saturated heterocycles. The number of carbonyl (C=O) groups is 1. The summed E-state index contributed by atoms with van der Waals surface area (Å²) in [6, 6.07) is 0.549. The number of hydrogen-bond donors (Lipinski definition) is 1. The number of amides is 1. The predicted molar refractivity (Wildman–Crippen MR) is 71.6 cm³/mol. The van der Waals surface area contributed by atoms with E-state index in [1.165, 1.54) is 19.3 Å². The topological polar surface area (TPSA) is 41.6 Å². The van der Waals surface area contributed by atoms with Crippen LogP contribution < -0.4 is 5.32 Å². The van der Waals surface area contributed by atoms with Crippen LogP contribution in [-0.2, 0) is 4.74 Å². The average Bonchev–Trinajstić information content (AvgIpc) is 2.40. The molecule has 0 saturated carbocycles. The Hall–Kier alpha value is -0.770. The van der Waals surface area contributed by atoms with Crippen molar-refractivity contribution in [1.82, 2.24) is 10.2 Å². The van der Waals surface area contributed by atoms with Crippen molar-refractivity contribution >= 4 is 6.09 Å². The smallest absolute Gasteiger partial charge is 0.409 e. The molecular formula is C14H26N2O2. The second kappa shape index (κ2) is 6.98. The van der Waals surface area contributed by atoms with Gasteiger partial charge in [0.05, 0.1) is 6.61 Å². The molecule has 18 heavy (non-hydrogen) atoms. The maximum absolute atomic E-state index is 11.8. The fourth-order valence-electron chi connectivity index (χ4n) is 2.74. The third-order valence-electron chi connectivity index (χ3n) is 4.15. The first-order valence-corrected chi connectivity index (χ1v) is 7.41. The molecule has 0 aromatic rings. The second-order valence-electron chi connectivity index (χ2n) is 5.72. The SMILES string of the molecule is CC1CCN(C(=O)OCCC2CCCCN2)CC1. The van der Waals surface area contributed by atoms with Crippen LogP contribution in [0.3, 0.4) is 0 Å². The lowest BCUT2D eigenvalue weighted by Gasteiger charge is -2.30. The number of hydrogen-bond acceptors (Lipinski definition) is 3. The molecule has 2 aliphatic heterocycles. The summed E-state index contributed by atoms with van der Waals surface area (Å²) >= 11 is 0. The van der Waals surface area contributed by atoms with E-state index in [1.807, 2.05) is 4.90 Å². The molecule has 4 heteroatoms. The summed E-state index contributed by atoms with van der Waals surface area (Å²) in [5.74, 6) is 0.750. The first-order valence-electron chi connectivity index (χ1n) is 7.41. The van der Waals surface area contributed by atoms with Gasteiger partial charge in [0.2, 0.25) is 0 Å². The van der Waals surface area contributed by atoms with Gasteiger partial charge in [0.15, 0.2) is 0 Å². The van der Waals surface area contributed by atoms with Crippen LogP contribution in [0.1, 0.15) is 45.4 Å². The number of rotatable bonds is 3. The average molecular weight is 254 g/mol. The first kappa shape index (κ1) is 13.7. The highest BCUT2D eigenvalue weighted by Gasteiger charge is 2.21. The summed E-state index contributed by atoms with van der Waals surface area (Å²) in [7, 11) is 0. The van der Waals surface area contributed by atoms with Gasteiger partial charge in [-0.1, -0.05) is 13.3 Å². The van der Waals surface area contributed by atoms with Crippen molar-refractivity contribution in [2.45, 2.75) is 51.5 Å². The van der Waals surface area contributed by atoms with E-state index in [1.54, 1.807) is 0 Å². The van der Waals surface area contributed by atoms with E-state index in [9.17, 15) is 4.79 Å². The van der Waals surface area contributed by atoms with E-state index in [-0.39, 0.29) is 6.09 Å². The largest absolute Gasteiger partial charge is 0.449 e. The lowest BCUT2D eigenvalue weighted by atomic mass is 10.00. The maximum atomic E-state index is 11.8. The zero-order valence-corrected chi connectivity index (χ0v) is 11.5. The Kier molecular flexibility index (Phi) is 5.29. The minimum absolute atomic E-state index is 0.113. The number of likely N-dealkylation sites (tertiary alicyclic amines) is 1. The first-order chi connectivity index (χ1) is 8.75. The molecule has 2 fully saturated rings. The van der Waals surface area contributed by atoms with Gasteiger partial charge in [-0.15, -0.1) is 0 Å². The molecule has 2 aliphatic rings. The van der Waals surface area contributed by atoms with Gasteiger partial charge in [0, 0.05) is 19.1 Å². The van der Waals surface area contributed by atoms with Crippen molar-refractivity contribution in [3.63, 3.8) is 0 Å². The Morgan fingerprint density at radius 3 is 2.72 bits per heavy atom. The van der Waals surface area contributed by atoms with Gasteiger partial charge in [-0.25, -0.2) is 4.79 Å². The molecule has 0 bridgehead atoms. The van der Waals surface area contributed by atoms with Crippen molar-refractivity contribution in [1.29, 1.82) is 0 Å². The van der Waals surface area contributed by atoms with Crippen molar-refractivity contribution < 1.29 is 9.53 Å². The molecule has 0 aliphatic carbocycles. The third kappa shape index (κ3) is 4.16. The number of piperidine rings is 2.